The fourth-order valence-electron chi connectivity index (χ4n) is 1.54. The molecule has 0 aliphatic heterocycles. The van der Waals surface area contributed by atoms with E-state index in [4.69, 9.17) is 22.1 Å². The smallest absolute Gasteiger partial charge is 0.311 e. The molecular weight excluding hydrogens is 284 g/mol. The highest BCUT2D eigenvalue weighted by Gasteiger charge is 2.17. The molecule has 2 N–H and O–H groups in total. The number of hydrogen-bond donors (Lipinski definition) is 1. The largest absolute Gasteiger partial charge is 0.432 e. The summed E-state index contributed by atoms with van der Waals surface area (Å²) < 4.78 is 5.42. The van der Waals surface area contributed by atoms with Crippen molar-refractivity contribution < 1.29 is 9.66 Å². The Bertz CT molecular complexity index is 663. The number of aryl methyl sites for hydroxylation is 1. The minimum atomic E-state index is -0.559. The Morgan fingerprint density at radius 2 is 2.15 bits per heavy atom. The van der Waals surface area contributed by atoms with Gasteiger partial charge in [-0.25, -0.2) is 4.98 Å². The monoisotopic (exact) mass is 294 g/mol. The number of rotatable bonds is 4. The quantitative estimate of drug-likeness (QED) is 0.686. The van der Waals surface area contributed by atoms with Gasteiger partial charge in [-0.05, 0) is 6.07 Å². The molecule has 0 spiro atoms. The normalized spacial score (nSPS) is 10.3. The summed E-state index contributed by atoms with van der Waals surface area (Å²) in [5.41, 5.74) is 5.42. The molecular formula is C12H11ClN4O3. The van der Waals surface area contributed by atoms with Gasteiger partial charge in [-0.1, -0.05) is 18.5 Å². The number of hydrogen-bond acceptors (Lipinski definition) is 6. The zero-order chi connectivity index (χ0) is 14.7. The summed E-state index contributed by atoms with van der Waals surface area (Å²) in [7, 11) is 0. The van der Waals surface area contributed by atoms with E-state index in [1.807, 2.05) is 6.92 Å². The minimum absolute atomic E-state index is 0.00246. The Morgan fingerprint density at radius 1 is 1.40 bits per heavy atom. The lowest BCUT2D eigenvalue weighted by Gasteiger charge is -2.07. The molecule has 20 heavy (non-hydrogen) atoms. The topological polar surface area (TPSA) is 104 Å². The van der Waals surface area contributed by atoms with Crippen LogP contribution in [0.15, 0.2) is 24.3 Å². The Hall–Kier alpha value is -2.41. The van der Waals surface area contributed by atoms with Gasteiger partial charge in [0.05, 0.1) is 4.92 Å². The number of nitrogens with zero attached hydrogens (tertiary/aromatic N) is 3. The number of anilines is 1. The molecule has 0 amide bonds. The van der Waals surface area contributed by atoms with E-state index in [0.29, 0.717) is 17.3 Å². The van der Waals surface area contributed by atoms with Crippen molar-refractivity contribution in [1.29, 1.82) is 0 Å². The highest BCUT2D eigenvalue weighted by molar-refractivity contribution is 6.30. The van der Waals surface area contributed by atoms with Crippen LogP contribution in [0, 0.1) is 10.1 Å². The first kappa shape index (κ1) is 14.0. The van der Waals surface area contributed by atoms with Crippen molar-refractivity contribution in [2.75, 3.05) is 5.73 Å². The van der Waals surface area contributed by atoms with Gasteiger partial charge in [0.15, 0.2) is 0 Å². The zero-order valence-corrected chi connectivity index (χ0v) is 11.3. The van der Waals surface area contributed by atoms with Crippen LogP contribution >= 0.6 is 11.6 Å². The molecule has 104 valence electrons. The molecule has 0 unspecified atom stereocenters. The van der Waals surface area contributed by atoms with Crippen LogP contribution in [0.5, 0.6) is 11.6 Å². The molecule has 1 aromatic heterocycles. The fraction of sp³-hybridized carbons (Fsp3) is 0.167. The first-order valence-corrected chi connectivity index (χ1v) is 6.12. The maximum atomic E-state index is 10.9. The van der Waals surface area contributed by atoms with Gasteiger partial charge in [-0.3, -0.25) is 10.1 Å². The molecule has 0 atom stereocenters. The molecule has 7 nitrogen and oxygen atoms in total. The van der Waals surface area contributed by atoms with Crippen LogP contribution < -0.4 is 10.5 Å². The van der Waals surface area contributed by atoms with Gasteiger partial charge in [-0.2, -0.15) is 4.98 Å². The van der Waals surface area contributed by atoms with Gasteiger partial charge in [0.1, 0.15) is 11.6 Å². The van der Waals surface area contributed by atoms with E-state index in [9.17, 15) is 10.1 Å². The molecule has 0 radical (unpaired) electrons. The van der Waals surface area contributed by atoms with E-state index in [0.717, 1.165) is 0 Å². The summed E-state index contributed by atoms with van der Waals surface area (Å²) in [5, 5.41) is 11.3. The van der Waals surface area contributed by atoms with Crippen molar-refractivity contribution in [1.82, 2.24) is 9.97 Å². The highest BCUT2D eigenvalue weighted by atomic mass is 35.5. The van der Waals surface area contributed by atoms with Crippen LogP contribution in [-0.4, -0.2) is 14.9 Å². The van der Waals surface area contributed by atoms with Gasteiger partial charge in [0, 0.05) is 29.6 Å². The number of aromatic nitrogens is 2. The number of nitrogen functional groups attached to an aromatic ring is 1. The summed E-state index contributed by atoms with van der Waals surface area (Å²) in [6.45, 7) is 1.86. The summed E-state index contributed by atoms with van der Waals surface area (Å²) in [5.74, 6) is 0.864. The van der Waals surface area contributed by atoms with Gasteiger partial charge < -0.3 is 10.5 Å². The van der Waals surface area contributed by atoms with Crippen molar-refractivity contribution in [3.05, 3.63) is 45.2 Å². The Labute approximate surface area is 119 Å². The van der Waals surface area contributed by atoms with Crippen molar-refractivity contribution in [3.63, 3.8) is 0 Å². The summed E-state index contributed by atoms with van der Waals surface area (Å²) in [4.78, 5) is 18.5. The molecule has 0 bridgehead atoms. The number of nitro groups is 1. The molecule has 0 aliphatic carbocycles. The Kier molecular flexibility index (Phi) is 3.99. The van der Waals surface area contributed by atoms with Crippen LogP contribution in [0.2, 0.25) is 5.02 Å². The van der Waals surface area contributed by atoms with Crippen LogP contribution in [0.1, 0.15) is 12.7 Å². The van der Waals surface area contributed by atoms with Crippen molar-refractivity contribution in [2.45, 2.75) is 13.3 Å². The third-order valence-corrected chi connectivity index (χ3v) is 2.65. The lowest BCUT2D eigenvalue weighted by atomic mass is 10.3. The molecule has 1 heterocycles. The standard InChI is InChI=1S/C12H11ClN4O3/c1-2-11-15-10(14)6-12(16-11)20-9-5-7(13)3-4-8(9)17(18)19/h3-6H,2H2,1H3,(H2,14,15,16). The molecule has 1 aromatic carbocycles. The third kappa shape index (κ3) is 3.12. The number of ether oxygens (including phenoxy) is 1. The molecule has 0 saturated carbocycles. The van der Waals surface area contributed by atoms with Crippen LogP contribution in [0.4, 0.5) is 11.5 Å². The minimum Gasteiger partial charge on any atom is -0.432 e. The zero-order valence-electron chi connectivity index (χ0n) is 10.5. The molecule has 0 aliphatic rings. The van der Waals surface area contributed by atoms with E-state index < -0.39 is 4.92 Å². The summed E-state index contributed by atoms with van der Waals surface area (Å²) in [6.07, 6.45) is 0.568. The lowest BCUT2D eigenvalue weighted by molar-refractivity contribution is -0.385. The van der Waals surface area contributed by atoms with Crippen LogP contribution in [-0.2, 0) is 6.42 Å². The Balaban J connectivity index is 2.41. The predicted molar refractivity (Wildman–Crippen MR) is 74.0 cm³/mol. The van der Waals surface area contributed by atoms with Gasteiger partial charge in [0.2, 0.25) is 11.6 Å². The summed E-state index contributed by atoms with van der Waals surface area (Å²) in [6, 6.07) is 5.43. The maximum absolute atomic E-state index is 10.9. The van der Waals surface area contributed by atoms with Crippen LogP contribution in [0.3, 0.4) is 0 Å². The number of benzene rings is 1. The van der Waals surface area contributed by atoms with Crippen molar-refractivity contribution in [3.8, 4) is 11.6 Å². The second kappa shape index (κ2) is 5.70. The van der Waals surface area contributed by atoms with Gasteiger partial charge in [0.25, 0.3) is 0 Å². The molecule has 2 aromatic rings. The predicted octanol–water partition coefficient (Wildman–Crippen LogP) is 2.98. The number of nitro benzene ring substituents is 1. The SMILES string of the molecule is CCc1nc(N)cc(Oc2cc(Cl)ccc2[N+](=O)[O-])n1. The van der Waals surface area contributed by atoms with Crippen molar-refractivity contribution >= 4 is 23.1 Å². The Morgan fingerprint density at radius 3 is 2.80 bits per heavy atom. The molecule has 0 saturated heterocycles. The third-order valence-electron chi connectivity index (χ3n) is 2.42. The fourth-order valence-corrected chi connectivity index (χ4v) is 1.70. The second-order valence-corrected chi connectivity index (χ2v) is 4.31. The molecule has 0 fully saturated rings. The number of nitrogens with two attached hydrogens (primary N) is 1. The van der Waals surface area contributed by atoms with Gasteiger partial charge in [-0.15, -0.1) is 0 Å². The first-order valence-electron chi connectivity index (χ1n) is 5.75. The van der Waals surface area contributed by atoms with Crippen LogP contribution in [0.25, 0.3) is 0 Å². The average Bonchev–Trinajstić information content (AvgIpc) is 2.37. The van der Waals surface area contributed by atoms with E-state index in [2.05, 4.69) is 9.97 Å². The number of halogens is 1. The van der Waals surface area contributed by atoms with Crippen molar-refractivity contribution in [2.24, 2.45) is 0 Å². The van der Waals surface area contributed by atoms with Gasteiger partial charge >= 0.3 is 5.69 Å². The first-order chi connectivity index (χ1) is 9.49. The van der Waals surface area contributed by atoms with E-state index in [1.54, 1.807) is 0 Å². The van der Waals surface area contributed by atoms with E-state index >= 15 is 0 Å². The highest BCUT2D eigenvalue weighted by Crippen LogP contribution is 2.33. The maximum Gasteiger partial charge on any atom is 0.311 e. The lowest BCUT2D eigenvalue weighted by Crippen LogP contribution is -2.01. The summed E-state index contributed by atoms with van der Waals surface area (Å²) >= 11 is 5.82. The molecule has 2 rings (SSSR count). The average molecular weight is 295 g/mol. The van der Waals surface area contributed by atoms with E-state index in [-0.39, 0.29) is 23.1 Å². The molecule has 8 heteroatoms. The van der Waals surface area contributed by atoms with E-state index in [1.165, 1.54) is 24.3 Å². The second-order valence-electron chi connectivity index (χ2n) is 3.87.